The number of hydrogen-bond donors (Lipinski definition) is 3. The van der Waals surface area contributed by atoms with Gasteiger partial charge in [0.2, 0.25) is 0 Å². The first-order valence-corrected chi connectivity index (χ1v) is 8.48. The van der Waals surface area contributed by atoms with Gasteiger partial charge in [-0.3, -0.25) is 19.5 Å². The molecule has 2 aromatic heterocycles. The van der Waals surface area contributed by atoms with Crippen molar-refractivity contribution in [2.75, 3.05) is 19.6 Å². The van der Waals surface area contributed by atoms with Crippen LogP contribution >= 0.6 is 0 Å². The van der Waals surface area contributed by atoms with E-state index in [2.05, 4.69) is 20.4 Å². The Morgan fingerprint density at radius 2 is 1.82 bits per heavy atom. The van der Waals surface area contributed by atoms with E-state index in [0.717, 1.165) is 0 Å². The van der Waals surface area contributed by atoms with Crippen LogP contribution < -0.4 is 10.9 Å². The van der Waals surface area contributed by atoms with Gasteiger partial charge in [0.25, 0.3) is 17.4 Å². The number of halogens is 3. The molecule has 1 fully saturated rings. The maximum atomic E-state index is 12.4. The van der Waals surface area contributed by atoms with Gasteiger partial charge in [0, 0.05) is 30.8 Å². The first-order valence-electron chi connectivity index (χ1n) is 8.48. The second-order valence-corrected chi connectivity index (χ2v) is 6.38. The molecule has 0 aliphatic carbocycles. The van der Waals surface area contributed by atoms with Crippen LogP contribution in [0.3, 0.4) is 0 Å². The first-order chi connectivity index (χ1) is 13.2. The fraction of sp³-hybridized carbons (Fsp3) is 0.438. The third-order valence-electron chi connectivity index (χ3n) is 4.40. The lowest BCUT2D eigenvalue weighted by Crippen LogP contribution is -2.38. The molecule has 0 saturated carbocycles. The van der Waals surface area contributed by atoms with Crippen LogP contribution in [0.5, 0.6) is 0 Å². The van der Waals surface area contributed by atoms with Crippen LogP contribution in [-0.2, 0) is 0 Å². The molecule has 28 heavy (non-hydrogen) atoms. The molecule has 2 amide bonds. The average molecular weight is 398 g/mol. The highest BCUT2D eigenvalue weighted by Gasteiger charge is 2.29. The van der Waals surface area contributed by atoms with Gasteiger partial charge >= 0.3 is 6.18 Å². The standard InChI is InChI=1S/C16H17F3N6O3/c17-16(18,19)8-20-14(27)12-7-11(22-23-12)9-3-5-25(6-4-9)15(28)10-1-2-13(26)24-21-10/h1-2,7,9H,3-6,8H2,(H,20,27)(H,22,23)(H,24,26). The number of nitrogens with zero attached hydrogens (tertiary/aromatic N) is 3. The summed E-state index contributed by atoms with van der Waals surface area (Å²) in [6.45, 7) is -0.564. The highest BCUT2D eigenvalue weighted by atomic mass is 19.4. The predicted octanol–water partition coefficient (Wildman–Crippen LogP) is 0.805. The number of rotatable bonds is 4. The Labute approximate surface area is 156 Å². The molecule has 12 heteroatoms. The van der Waals surface area contributed by atoms with Crippen molar-refractivity contribution in [3.63, 3.8) is 0 Å². The molecule has 150 valence electrons. The number of carbonyl (C=O) groups is 2. The molecule has 1 aliphatic rings. The molecule has 2 aromatic rings. The van der Waals surface area contributed by atoms with Gasteiger partial charge in [0.15, 0.2) is 0 Å². The van der Waals surface area contributed by atoms with Crippen molar-refractivity contribution in [1.29, 1.82) is 0 Å². The number of piperidine rings is 1. The first kappa shape index (κ1) is 19.6. The fourth-order valence-corrected chi connectivity index (χ4v) is 2.95. The van der Waals surface area contributed by atoms with E-state index in [0.29, 0.717) is 31.6 Å². The smallest absolute Gasteiger partial charge is 0.342 e. The number of alkyl halides is 3. The van der Waals surface area contributed by atoms with Gasteiger partial charge in [-0.1, -0.05) is 0 Å². The van der Waals surface area contributed by atoms with Crippen LogP contribution in [0.25, 0.3) is 0 Å². The minimum atomic E-state index is -4.49. The number of likely N-dealkylation sites (tertiary alicyclic amines) is 1. The number of aromatic nitrogens is 4. The summed E-state index contributed by atoms with van der Waals surface area (Å²) < 4.78 is 36.5. The Hall–Kier alpha value is -3.18. The molecule has 1 saturated heterocycles. The molecule has 0 atom stereocenters. The normalized spacial score (nSPS) is 15.5. The van der Waals surface area contributed by atoms with Crippen LogP contribution in [0.4, 0.5) is 13.2 Å². The monoisotopic (exact) mass is 398 g/mol. The van der Waals surface area contributed by atoms with Crippen molar-refractivity contribution in [1.82, 2.24) is 30.6 Å². The van der Waals surface area contributed by atoms with E-state index in [9.17, 15) is 27.6 Å². The summed E-state index contributed by atoms with van der Waals surface area (Å²) in [5.74, 6) is -1.22. The number of hydrogen-bond acceptors (Lipinski definition) is 5. The Morgan fingerprint density at radius 3 is 2.43 bits per heavy atom. The summed E-state index contributed by atoms with van der Waals surface area (Å²) in [4.78, 5) is 36.7. The Morgan fingerprint density at radius 1 is 1.14 bits per heavy atom. The molecule has 0 spiro atoms. The molecule has 0 radical (unpaired) electrons. The van der Waals surface area contributed by atoms with Gasteiger partial charge < -0.3 is 10.2 Å². The van der Waals surface area contributed by atoms with Gasteiger partial charge in [0.1, 0.15) is 17.9 Å². The molecule has 3 N–H and O–H groups in total. The lowest BCUT2D eigenvalue weighted by atomic mass is 9.93. The van der Waals surface area contributed by atoms with E-state index in [1.54, 1.807) is 10.2 Å². The zero-order chi connectivity index (χ0) is 20.3. The van der Waals surface area contributed by atoms with Crippen LogP contribution in [0.2, 0.25) is 0 Å². The summed E-state index contributed by atoms with van der Waals surface area (Å²) in [5, 5.41) is 14.2. The van der Waals surface area contributed by atoms with Crippen molar-refractivity contribution in [2.45, 2.75) is 24.9 Å². The molecule has 1 aliphatic heterocycles. The number of amides is 2. The second kappa shape index (κ2) is 7.82. The van der Waals surface area contributed by atoms with Crippen molar-refractivity contribution < 1.29 is 22.8 Å². The summed E-state index contributed by atoms with van der Waals surface area (Å²) in [7, 11) is 0. The summed E-state index contributed by atoms with van der Waals surface area (Å²) in [5.41, 5.74) is 0.259. The SMILES string of the molecule is O=C(NCC(F)(F)F)c1cc(C2CCN(C(=O)c3ccc(=O)[nH]n3)CC2)[nH]n1. The largest absolute Gasteiger partial charge is 0.405 e. The van der Waals surface area contributed by atoms with Crippen molar-refractivity contribution in [3.05, 3.63) is 45.6 Å². The number of H-pyrrole nitrogens is 2. The Kier molecular flexibility index (Phi) is 5.47. The molecule has 9 nitrogen and oxygen atoms in total. The van der Waals surface area contributed by atoms with E-state index >= 15 is 0 Å². The van der Waals surface area contributed by atoms with E-state index < -0.39 is 24.2 Å². The molecule has 0 bridgehead atoms. The van der Waals surface area contributed by atoms with Crippen LogP contribution in [0, 0.1) is 0 Å². The minimum absolute atomic E-state index is 0.00995. The van der Waals surface area contributed by atoms with E-state index in [4.69, 9.17) is 0 Å². The lowest BCUT2D eigenvalue weighted by molar-refractivity contribution is -0.123. The minimum Gasteiger partial charge on any atom is -0.342 e. The number of aromatic amines is 2. The van der Waals surface area contributed by atoms with Crippen molar-refractivity contribution in [2.24, 2.45) is 0 Å². The summed E-state index contributed by atoms with van der Waals surface area (Å²) in [6.07, 6.45) is -3.32. The van der Waals surface area contributed by atoms with Crippen LogP contribution in [0.15, 0.2) is 23.0 Å². The lowest BCUT2D eigenvalue weighted by Gasteiger charge is -2.31. The summed E-state index contributed by atoms with van der Waals surface area (Å²) >= 11 is 0. The highest BCUT2D eigenvalue weighted by molar-refractivity contribution is 5.92. The molecular weight excluding hydrogens is 381 g/mol. The zero-order valence-electron chi connectivity index (χ0n) is 14.5. The topological polar surface area (TPSA) is 124 Å². The molecule has 0 unspecified atom stereocenters. The second-order valence-electron chi connectivity index (χ2n) is 6.38. The maximum absolute atomic E-state index is 12.4. The highest BCUT2D eigenvalue weighted by Crippen LogP contribution is 2.27. The quantitative estimate of drug-likeness (QED) is 0.703. The van der Waals surface area contributed by atoms with Gasteiger partial charge in [-0.15, -0.1) is 0 Å². The van der Waals surface area contributed by atoms with Crippen molar-refractivity contribution in [3.8, 4) is 0 Å². The Bertz CT molecular complexity index is 894. The molecular formula is C16H17F3N6O3. The maximum Gasteiger partial charge on any atom is 0.405 e. The van der Waals surface area contributed by atoms with E-state index in [1.165, 1.54) is 18.2 Å². The Balaban J connectivity index is 1.56. The number of nitrogens with one attached hydrogen (secondary N) is 3. The van der Waals surface area contributed by atoms with Gasteiger partial charge in [-0.25, -0.2) is 5.10 Å². The molecule has 0 aromatic carbocycles. The average Bonchev–Trinajstić information content (AvgIpc) is 3.16. The molecule has 3 heterocycles. The number of carbonyl (C=O) groups excluding carboxylic acids is 2. The van der Waals surface area contributed by atoms with E-state index in [-0.39, 0.29) is 23.2 Å². The van der Waals surface area contributed by atoms with Gasteiger partial charge in [-0.2, -0.15) is 23.4 Å². The zero-order valence-corrected chi connectivity index (χ0v) is 14.5. The fourth-order valence-electron chi connectivity index (χ4n) is 2.95. The van der Waals surface area contributed by atoms with Crippen LogP contribution in [-0.4, -0.2) is 62.9 Å². The van der Waals surface area contributed by atoms with Gasteiger partial charge in [-0.05, 0) is 25.0 Å². The van der Waals surface area contributed by atoms with Crippen LogP contribution in [0.1, 0.15) is 45.4 Å². The molecule has 3 rings (SSSR count). The van der Waals surface area contributed by atoms with Crippen molar-refractivity contribution >= 4 is 11.8 Å². The third-order valence-corrected chi connectivity index (χ3v) is 4.40. The third kappa shape index (κ3) is 4.75. The predicted molar refractivity (Wildman–Crippen MR) is 89.7 cm³/mol. The summed E-state index contributed by atoms with van der Waals surface area (Å²) in [6, 6.07) is 4.01. The van der Waals surface area contributed by atoms with E-state index in [1.807, 2.05) is 0 Å². The van der Waals surface area contributed by atoms with Gasteiger partial charge in [0.05, 0.1) is 0 Å².